The number of rotatable bonds is 4. The van der Waals surface area contributed by atoms with E-state index in [9.17, 15) is 4.39 Å². The van der Waals surface area contributed by atoms with Crippen molar-refractivity contribution >= 4 is 0 Å². The predicted octanol–water partition coefficient (Wildman–Crippen LogP) is 2.27. The minimum atomic E-state index is -0.341. The smallest absolute Gasteiger partial charge is 0.218 e. The van der Waals surface area contributed by atoms with Crippen molar-refractivity contribution in [1.82, 2.24) is 10.3 Å². The van der Waals surface area contributed by atoms with E-state index in [0.717, 1.165) is 18.4 Å². The summed E-state index contributed by atoms with van der Waals surface area (Å²) >= 11 is 0. The third kappa shape index (κ3) is 3.88. The van der Waals surface area contributed by atoms with E-state index in [1.54, 1.807) is 0 Å². The van der Waals surface area contributed by atoms with Gasteiger partial charge in [0.25, 0.3) is 0 Å². The minimum Gasteiger partial charge on any atom is -0.474 e. The summed E-state index contributed by atoms with van der Waals surface area (Å²) in [6, 6.07) is 1.46. The minimum absolute atomic E-state index is 0.0762. The molecule has 0 radical (unpaired) electrons. The Balaban J connectivity index is 2.09. The molecule has 19 heavy (non-hydrogen) atoms. The van der Waals surface area contributed by atoms with E-state index in [-0.39, 0.29) is 24.1 Å². The molecule has 0 bridgehead atoms. The number of halogens is 1. The number of ether oxygens (including phenoxy) is 2. The zero-order chi connectivity index (χ0) is 13.8. The van der Waals surface area contributed by atoms with Gasteiger partial charge in [0, 0.05) is 24.9 Å². The maximum Gasteiger partial charge on any atom is 0.218 e. The molecule has 1 aromatic heterocycles. The first-order valence-corrected chi connectivity index (χ1v) is 6.69. The molecule has 1 aromatic rings. The van der Waals surface area contributed by atoms with Gasteiger partial charge in [-0.2, -0.15) is 0 Å². The second-order valence-electron chi connectivity index (χ2n) is 5.12. The first kappa shape index (κ1) is 14.2. The molecule has 1 N–H and O–H groups in total. The lowest BCUT2D eigenvalue weighted by molar-refractivity contribution is -0.0731. The molecule has 0 aromatic carbocycles. The Labute approximate surface area is 113 Å². The Morgan fingerprint density at radius 1 is 1.42 bits per heavy atom. The first-order chi connectivity index (χ1) is 9.08. The van der Waals surface area contributed by atoms with Crippen molar-refractivity contribution in [3.05, 3.63) is 23.6 Å². The second kappa shape index (κ2) is 6.30. The SMILES string of the molecule is CNCc1cc(F)cnc1OC1CC(C)OC(C)C1. The molecule has 0 amide bonds. The molecule has 5 heteroatoms. The Morgan fingerprint density at radius 3 is 2.74 bits per heavy atom. The average Bonchev–Trinajstić information content (AvgIpc) is 2.32. The van der Waals surface area contributed by atoms with Crippen LogP contribution in [0.25, 0.3) is 0 Å². The third-order valence-corrected chi connectivity index (χ3v) is 3.19. The van der Waals surface area contributed by atoms with Crippen LogP contribution in [-0.4, -0.2) is 30.3 Å². The lowest BCUT2D eigenvalue weighted by Gasteiger charge is -2.32. The van der Waals surface area contributed by atoms with Crippen molar-refractivity contribution in [2.75, 3.05) is 7.05 Å². The predicted molar refractivity (Wildman–Crippen MR) is 70.6 cm³/mol. The van der Waals surface area contributed by atoms with Crippen LogP contribution in [0.2, 0.25) is 0 Å². The highest BCUT2D eigenvalue weighted by atomic mass is 19.1. The molecule has 1 saturated heterocycles. The van der Waals surface area contributed by atoms with Gasteiger partial charge in [-0.15, -0.1) is 0 Å². The van der Waals surface area contributed by atoms with E-state index in [4.69, 9.17) is 9.47 Å². The van der Waals surface area contributed by atoms with Crippen molar-refractivity contribution in [1.29, 1.82) is 0 Å². The monoisotopic (exact) mass is 268 g/mol. The molecule has 2 unspecified atom stereocenters. The standard InChI is InChI=1S/C14H21FN2O2/c1-9-4-13(5-10(2)18-9)19-14-11(7-16-3)6-12(15)8-17-14/h6,8-10,13,16H,4-5,7H2,1-3H3. The summed E-state index contributed by atoms with van der Waals surface area (Å²) in [7, 11) is 1.81. The molecular weight excluding hydrogens is 247 g/mol. The molecule has 2 rings (SSSR count). The molecule has 0 aliphatic carbocycles. The zero-order valence-electron chi connectivity index (χ0n) is 11.6. The number of hydrogen-bond donors (Lipinski definition) is 1. The van der Waals surface area contributed by atoms with Crippen LogP contribution in [-0.2, 0) is 11.3 Å². The normalized spacial score (nSPS) is 27.3. The summed E-state index contributed by atoms with van der Waals surface area (Å²) in [5, 5.41) is 3.00. The fourth-order valence-electron chi connectivity index (χ4n) is 2.49. The van der Waals surface area contributed by atoms with Crippen LogP contribution >= 0.6 is 0 Å². The van der Waals surface area contributed by atoms with Crippen LogP contribution < -0.4 is 10.1 Å². The molecule has 0 spiro atoms. The van der Waals surface area contributed by atoms with Crippen LogP contribution in [0.15, 0.2) is 12.3 Å². The number of hydrogen-bond acceptors (Lipinski definition) is 4. The summed E-state index contributed by atoms with van der Waals surface area (Å²) in [5.41, 5.74) is 0.745. The summed E-state index contributed by atoms with van der Waals surface area (Å²) in [6.45, 7) is 4.62. The van der Waals surface area contributed by atoms with Crippen molar-refractivity contribution in [3.63, 3.8) is 0 Å². The largest absolute Gasteiger partial charge is 0.474 e. The number of pyridine rings is 1. The lowest BCUT2D eigenvalue weighted by Crippen LogP contribution is -2.36. The molecule has 2 atom stereocenters. The van der Waals surface area contributed by atoms with Crippen LogP contribution in [0.4, 0.5) is 4.39 Å². The van der Waals surface area contributed by atoms with E-state index in [2.05, 4.69) is 10.3 Å². The first-order valence-electron chi connectivity index (χ1n) is 6.69. The molecular formula is C14H21FN2O2. The van der Waals surface area contributed by atoms with Gasteiger partial charge in [0.2, 0.25) is 5.88 Å². The summed E-state index contributed by atoms with van der Waals surface area (Å²) in [4.78, 5) is 4.06. The zero-order valence-corrected chi connectivity index (χ0v) is 11.6. The van der Waals surface area contributed by atoms with E-state index in [1.165, 1.54) is 12.3 Å². The van der Waals surface area contributed by atoms with Gasteiger partial charge >= 0.3 is 0 Å². The Morgan fingerprint density at radius 2 is 2.11 bits per heavy atom. The summed E-state index contributed by atoms with van der Waals surface area (Å²) in [6.07, 6.45) is 3.31. The van der Waals surface area contributed by atoms with Gasteiger partial charge in [-0.25, -0.2) is 9.37 Å². The highest BCUT2D eigenvalue weighted by molar-refractivity contribution is 5.26. The van der Waals surface area contributed by atoms with E-state index < -0.39 is 0 Å². The van der Waals surface area contributed by atoms with Crippen molar-refractivity contribution in [3.8, 4) is 5.88 Å². The number of aromatic nitrogens is 1. The Hall–Kier alpha value is -1.20. The fourth-order valence-corrected chi connectivity index (χ4v) is 2.49. The maximum absolute atomic E-state index is 13.2. The number of nitrogens with zero attached hydrogens (tertiary/aromatic N) is 1. The van der Waals surface area contributed by atoms with Gasteiger partial charge in [0.05, 0.1) is 18.4 Å². The second-order valence-corrected chi connectivity index (χ2v) is 5.12. The molecule has 0 saturated carbocycles. The Kier molecular flexibility index (Phi) is 4.71. The Bertz CT molecular complexity index is 418. The molecule has 1 aliphatic rings. The molecule has 2 heterocycles. The van der Waals surface area contributed by atoms with Gasteiger partial charge in [-0.1, -0.05) is 0 Å². The summed E-state index contributed by atoms with van der Waals surface area (Å²) in [5.74, 6) is 0.174. The highest BCUT2D eigenvalue weighted by Gasteiger charge is 2.26. The highest BCUT2D eigenvalue weighted by Crippen LogP contribution is 2.25. The van der Waals surface area contributed by atoms with Crippen LogP contribution in [0.3, 0.4) is 0 Å². The van der Waals surface area contributed by atoms with Gasteiger partial charge in [-0.05, 0) is 27.0 Å². The topological polar surface area (TPSA) is 43.4 Å². The lowest BCUT2D eigenvalue weighted by atomic mass is 10.0. The van der Waals surface area contributed by atoms with Crippen LogP contribution in [0, 0.1) is 5.82 Å². The van der Waals surface area contributed by atoms with Crippen LogP contribution in [0.1, 0.15) is 32.3 Å². The molecule has 1 fully saturated rings. The molecule has 1 aliphatic heterocycles. The van der Waals surface area contributed by atoms with Crippen molar-refractivity contribution in [2.45, 2.75) is 51.5 Å². The third-order valence-electron chi connectivity index (χ3n) is 3.19. The maximum atomic E-state index is 13.2. The number of nitrogens with one attached hydrogen (secondary N) is 1. The van der Waals surface area contributed by atoms with Crippen molar-refractivity contribution < 1.29 is 13.9 Å². The van der Waals surface area contributed by atoms with Crippen molar-refractivity contribution in [2.24, 2.45) is 0 Å². The molecule has 4 nitrogen and oxygen atoms in total. The van der Waals surface area contributed by atoms with Crippen LogP contribution in [0.5, 0.6) is 5.88 Å². The van der Waals surface area contributed by atoms with E-state index >= 15 is 0 Å². The van der Waals surface area contributed by atoms with Gasteiger partial charge in [0.1, 0.15) is 11.9 Å². The van der Waals surface area contributed by atoms with Gasteiger partial charge < -0.3 is 14.8 Å². The van der Waals surface area contributed by atoms with Gasteiger partial charge in [0.15, 0.2) is 0 Å². The summed E-state index contributed by atoms with van der Waals surface area (Å²) < 4.78 is 24.8. The van der Waals surface area contributed by atoms with E-state index in [1.807, 2.05) is 20.9 Å². The average molecular weight is 268 g/mol. The fraction of sp³-hybridized carbons (Fsp3) is 0.643. The quantitative estimate of drug-likeness (QED) is 0.909. The molecule has 106 valence electrons. The van der Waals surface area contributed by atoms with E-state index in [0.29, 0.717) is 12.4 Å². The van der Waals surface area contributed by atoms with Gasteiger partial charge in [-0.3, -0.25) is 0 Å².